The Bertz CT molecular complexity index is 516. The summed E-state index contributed by atoms with van der Waals surface area (Å²) in [4.78, 5) is 0. The normalized spacial score (nSPS) is 11.1. The van der Waals surface area contributed by atoms with Crippen LogP contribution in [0.3, 0.4) is 0 Å². The maximum Gasteiger partial charge on any atom is 0.587 e. The number of benzene rings is 2. The number of para-hydroxylation sites is 2. The lowest BCUT2D eigenvalue weighted by molar-refractivity contribution is 0.221. The summed E-state index contributed by atoms with van der Waals surface area (Å²) in [7, 11) is -3.71. The molecule has 6 heteroatoms. The SMILES string of the molecule is O=P(OCCBr)(Oc1ccccc1)Oc1ccccc1. The number of phosphoric ester groups is 1. The third kappa shape index (κ3) is 4.67. The van der Waals surface area contributed by atoms with Gasteiger partial charge in [-0.05, 0) is 24.3 Å². The van der Waals surface area contributed by atoms with Crippen molar-refractivity contribution in [3.63, 3.8) is 0 Å². The minimum Gasteiger partial charge on any atom is -0.395 e. The maximum atomic E-state index is 12.6. The van der Waals surface area contributed by atoms with Crippen LogP contribution < -0.4 is 9.05 Å². The van der Waals surface area contributed by atoms with E-state index in [0.29, 0.717) is 16.8 Å². The Morgan fingerprint density at radius 2 is 1.30 bits per heavy atom. The molecule has 0 aliphatic carbocycles. The minimum atomic E-state index is -3.71. The van der Waals surface area contributed by atoms with Crippen molar-refractivity contribution in [3.8, 4) is 11.5 Å². The fourth-order valence-electron chi connectivity index (χ4n) is 1.44. The molecule has 0 N–H and O–H groups in total. The van der Waals surface area contributed by atoms with E-state index >= 15 is 0 Å². The quantitative estimate of drug-likeness (QED) is 0.534. The van der Waals surface area contributed by atoms with Gasteiger partial charge in [-0.2, -0.15) is 0 Å². The summed E-state index contributed by atoms with van der Waals surface area (Å²) in [5.41, 5.74) is 0. The number of alkyl halides is 1. The van der Waals surface area contributed by atoms with Gasteiger partial charge in [0.25, 0.3) is 0 Å². The van der Waals surface area contributed by atoms with Crippen molar-refractivity contribution in [2.45, 2.75) is 0 Å². The number of hydrogen-bond acceptors (Lipinski definition) is 4. The highest BCUT2D eigenvalue weighted by atomic mass is 79.9. The molecule has 0 fully saturated rings. The summed E-state index contributed by atoms with van der Waals surface area (Å²) in [6.45, 7) is 0.219. The lowest BCUT2D eigenvalue weighted by atomic mass is 10.3. The van der Waals surface area contributed by atoms with E-state index in [4.69, 9.17) is 13.6 Å². The molecular weight excluding hydrogens is 343 g/mol. The number of halogens is 1. The van der Waals surface area contributed by atoms with Crippen molar-refractivity contribution in [2.24, 2.45) is 0 Å². The molecule has 0 aliphatic rings. The van der Waals surface area contributed by atoms with E-state index < -0.39 is 7.82 Å². The molecule has 0 spiro atoms. The smallest absolute Gasteiger partial charge is 0.395 e. The monoisotopic (exact) mass is 356 g/mol. The van der Waals surface area contributed by atoms with E-state index in [2.05, 4.69) is 15.9 Å². The van der Waals surface area contributed by atoms with Crippen LogP contribution in [-0.2, 0) is 9.09 Å². The van der Waals surface area contributed by atoms with Crippen molar-refractivity contribution in [3.05, 3.63) is 60.7 Å². The number of rotatable bonds is 7. The zero-order chi connectivity index (χ0) is 14.3. The van der Waals surface area contributed by atoms with Crippen LogP contribution in [0, 0.1) is 0 Å². The second-order valence-electron chi connectivity index (χ2n) is 3.78. The van der Waals surface area contributed by atoms with E-state index in [1.54, 1.807) is 48.5 Å². The van der Waals surface area contributed by atoms with Gasteiger partial charge < -0.3 is 9.05 Å². The average Bonchev–Trinajstić information content (AvgIpc) is 2.47. The first-order valence-corrected chi connectivity index (χ1v) is 8.60. The highest BCUT2D eigenvalue weighted by Gasteiger charge is 2.30. The molecular formula is C14H14BrO4P. The summed E-state index contributed by atoms with van der Waals surface area (Å²) in [5, 5.41) is 0.535. The van der Waals surface area contributed by atoms with Gasteiger partial charge in [-0.1, -0.05) is 52.3 Å². The molecule has 0 saturated heterocycles. The van der Waals surface area contributed by atoms with Crippen LogP contribution in [-0.4, -0.2) is 11.9 Å². The number of hydrogen-bond donors (Lipinski definition) is 0. The predicted molar refractivity (Wildman–Crippen MR) is 81.5 cm³/mol. The van der Waals surface area contributed by atoms with Gasteiger partial charge >= 0.3 is 7.82 Å². The molecule has 0 amide bonds. The third-order valence-corrected chi connectivity index (χ3v) is 3.94. The standard InChI is InChI=1S/C14H14BrO4P/c15-11-12-17-20(16,18-13-7-3-1-4-8-13)19-14-9-5-2-6-10-14/h1-10H,11-12H2. The average molecular weight is 357 g/mol. The molecule has 0 aliphatic heterocycles. The van der Waals surface area contributed by atoms with Crippen LogP contribution in [0.5, 0.6) is 11.5 Å². The van der Waals surface area contributed by atoms with E-state index in [-0.39, 0.29) is 6.61 Å². The molecule has 0 unspecified atom stereocenters. The minimum absolute atomic E-state index is 0.219. The topological polar surface area (TPSA) is 44.8 Å². The Kier molecular flexibility index (Phi) is 5.65. The van der Waals surface area contributed by atoms with Crippen molar-refractivity contribution >= 4 is 23.8 Å². The molecule has 0 bridgehead atoms. The van der Waals surface area contributed by atoms with E-state index in [9.17, 15) is 4.57 Å². The Labute approximate surface area is 126 Å². The van der Waals surface area contributed by atoms with Gasteiger partial charge in [-0.3, -0.25) is 4.52 Å². The summed E-state index contributed by atoms with van der Waals surface area (Å²) < 4.78 is 28.7. The van der Waals surface area contributed by atoms with E-state index in [1.807, 2.05) is 12.1 Å². The Morgan fingerprint density at radius 1 is 0.850 bits per heavy atom. The van der Waals surface area contributed by atoms with Gasteiger partial charge in [-0.15, -0.1) is 0 Å². The summed E-state index contributed by atoms with van der Waals surface area (Å²) >= 11 is 3.22. The Balaban J connectivity index is 2.15. The van der Waals surface area contributed by atoms with E-state index in [1.165, 1.54) is 0 Å². The van der Waals surface area contributed by atoms with Crippen molar-refractivity contribution in [1.82, 2.24) is 0 Å². The van der Waals surface area contributed by atoms with Gasteiger partial charge in [0.1, 0.15) is 11.5 Å². The van der Waals surface area contributed by atoms with Gasteiger partial charge in [0.2, 0.25) is 0 Å². The molecule has 2 rings (SSSR count). The fraction of sp³-hybridized carbons (Fsp3) is 0.143. The molecule has 2 aromatic rings. The highest BCUT2D eigenvalue weighted by molar-refractivity contribution is 9.09. The first-order valence-electron chi connectivity index (χ1n) is 6.02. The molecule has 0 aromatic heterocycles. The van der Waals surface area contributed by atoms with Gasteiger partial charge in [0.05, 0.1) is 6.61 Å². The van der Waals surface area contributed by atoms with Crippen LogP contribution in [0.25, 0.3) is 0 Å². The molecule has 106 valence electrons. The molecule has 0 heterocycles. The molecule has 0 atom stereocenters. The first-order chi connectivity index (χ1) is 9.72. The molecule has 20 heavy (non-hydrogen) atoms. The molecule has 0 radical (unpaired) electrons. The molecule has 4 nitrogen and oxygen atoms in total. The molecule has 0 saturated carbocycles. The van der Waals surface area contributed by atoms with Gasteiger partial charge in [-0.25, -0.2) is 4.57 Å². The summed E-state index contributed by atoms with van der Waals surface area (Å²) in [6, 6.07) is 17.6. The van der Waals surface area contributed by atoms with Gasteiger partial charge in [0, 0.05) is 5.33 Å². The highest BCUT2D eigenvalue weighted by Crippen LogP contribution is 2.49. The largest absolute Gasteiger partial charge is 0.587 e. The zero-order valence-corrected chi connectivity index (χ0v) is 13.1. The lowest BCUT2D eigenvalue weighted by Gasteiger charge is -2.18. The second kappa shape index (κ2) is 7.48. The first kappa shape index (κ1) is 15.1. The molecule has 2 aromatic carbocycles. The van der Waals surface area contributed by atoms with Crippen molar-refractivity contribution < 1.29 is 18.1 Å². The van der Waals surface area contributed by atoms with Crippen LogP contribution >= 0.6 is 23.8 Å². The zero-order valence-electron chi connectivity index (χ0n) is 10.6. The van der Waals surface area contributed by atoms with Crippen molar-refractivity contribution in [2.75, 3.05) is 11.9 Å². The van der Waals surface area contributed by atoms with Crippen molar-refractivity contribution in [1.29, 1.82) is 0 Å². The van der Waals surface area contributed by atoms with Crippen LogP contribution in [0.2, 0.25) is 0 Å². The summed E-state index contributed by atoms with van der Waals surface area (Å²) in [6.07, 6.45) is 0. The van der Waals surface area contributed by atoms with E-state index in [0.717, 1.165) is 0 Å². The van der Waals surface area contributed by atoms with Gasteiger partial charge in [0.15, 0.2) is 0 Å². The maximum absolute atomic E-state index is 12.6. The Morgan fingerprint density at radius 3 is 1.70 bits per heavy atom. The Hall–Kier alpha value is -1.29. The number of phosphoric acid groups is 1. The van der Waals surface area contributed by atoms with Crippen LogP contribution in [0.15, 0.2) is 60.7 Å². The lowest BCUT2D eigenvalue weighted by Crippen LogP contribution is -2.06. The third-order valence-electron chi connectivity index (χ3n) is 2.25. The van der Waals surface area contributed by atoms with Crippen LogP contribution in [0.4, 0.5) is 0 Å². The second-order valence-corrected chi connectivity index (χ2v) is 6.09. The predicted octanol–water partition coefficient (Wildman–Crippen LogP) is 4.66. The summed E-state index contributed by atoms with van der Waals surface area (Å²) in [5.74, 6) is 0.864. The fourth-order valence-corrected chi connectivity index (χ4v) is 3.07. The van der Waals surface area contributed by atoms with Crippen LogP contribution in [0.1, 0.15) is 0 Å².